The van der Waals surface area contributed by atoms with Crippen molar-refractivity contribution in [2.24, 2.45) is 0 Å². The van der Waals surface area contributed by atoms with Gasteiger partial charge in [0.15, 0.2) is 0 Å². The van der Waals surface area contributed by atoms with Crippen LogP contribution < -0.4 is 10.1 Å². The van der Waals surface area contributed by atoms with Crippen molar-refractivity contribution in [3.05, 3.63) is 76.2 Å². The first-order valence-electron chi connectivity index (χ1n) is 8.93. The second kappa shape index (κ2) is 8.08. The summed E-state index contributed by atoms with van der Waals surface area (Å²) in [7, 11) is 0. The van der Waals surface area contributed by atoms with E-state index in [1.165, 1.54) is 5.56 Å². The van der Waals surface area contributed by atoms with Crippen LogP contribution in [0.1, 0.15) is 33.7 Å². The number of nitrogens with zero attached hydrogens (tertiary/aromatic N) is 1. The van der Waals surface area contributed by atoms with Crippen LogP contribution in [0.25, 0.3) is 0 Å². The molecular formula is C22H24N2O3. The molecule has 3 aromatic rings. The second-order valence-corrected chi connectivity index (χ2v) is 6.78. The van der Waals surface area contributed by atoms with Gasteiger partial charge in [-0.3, -0.25) is 4.79 Å². The van der Waals surface area contributed by atoms with E-state index in [-0.39, 0.29) is 5.91 Å². The summed E-state index contributed by atoms with van der Waals surface area (Å²) in [5.74, 6) is 1.48. The summed E-state index contributed by atoms with van der Waals surface area (Å²) >= 11 is 0. The maximum Gasteiger partial charge on any atom is 0.228 e. The number of carbonyl (C=O) groups excluding carboxylic acids is 1. The van der Waals surface area contributed by atoms with Crippen molar-refractivity contribution in [1.29, 1.82) is 0 Å². The van der Waals surface area contributed by atoms with Crippen molar-refractivity contribution < 1.29 is 14.1 Å². The van der Waals surface area contributed by atoms with Gasteiger partial charge in [0.2, 0.25) is 5.91 Å². The lowest BCUT2D eigenvalue weighted by Gasteiger charge is -2.10. The number of rotatable bonds is 6. The van der Waals surface area contributed by atoms with Crippen LogP contribution in [0.15, 0.2) is 47.0 Å². The molecule has 0 spiro atoms. The molecule has 0 aliphatic heterocycles. The summed E-state index contributed by atoms with van der Waals surface area (Å²) in [4.78, 5) is 12.3. The number of amides is 1. The Hall–Kier alpha value is -3.08. The van der Waals surface area contributed by atoms with Crippen LogP contribution in [0.3, 0.4) is 0 Å². The van der Waals surface area contributed by atoms with E-state index < -0.39 is 0 Å². The smallest absolute Gasteiger partial charge is 0.228 e. The summed E-state index contributed by atoms with van der Waals surface area (Å²) in [6.07, 6.45) is 0.317. The standard InChI is InChI=1S/C22H24N2O3/c1-14-5-10-21(15(2)11-14)23-22(25)12-18-6-8-19(9-7-18)26-13-20-16(3)24-27-17(20)4/h5-11H,12-13H2,1-4H3,(H,23,25). The number of aromatic nitrogens is 1. The van der Waals surface area contributed by atoms with Gasteiger partial charge in [-0.25, -0.2) is 0 Å². The molecule has 140 valence electrons. The Labute approximate surface area is 159 Å². The molecule has 0 aliphatic rings. The maximum atomic E-state index is 12.3. The van der Waals surface area contributed by atoms with Gasteiger partial charge in [0.25, 0.3) is 0 Å². The Morgan fingerprint density at radius 3 is 2.44 bits per heavy atom. The van der Waals surface area contributed by atoms with Crippen molar-refractivity contribution in [3.63, 3.8) is 0 Å². The molecule has 1 heterocycles. The topological polar surface area (TPSA) is 64.4 Å². The minimum absolute atomic E-state index is 0.0358. The quantitative estimate of drug-likeness (QED) is 0.690. The zero-order valence-corrected chi connectivity index (χ0v) is 16.1. The van der Waals surface area contributed by atoms with E-state index in [4.69, 9.17) is 9.26 Å². The van der Waals surface area contributed by atoms with Gasteiger partial charge in [-0.2, -0.15) is 0 Å². The Balaban J connectivity index is 1.56. The van der Waals surface area contributed by atoms with Gasteiger partial charge in [-0.05, 0) is 57.0 Å². The number of hydrogen-bond acceptors (Lipinski definition) is 4. The van der Waals surface area contributed by atoms with Gasteiger partial charge < -0.3 is 14.6 Å². The lowest BCUT2D eigenvalue weighted by Crippen LogP contribution is -2.15. The molecule has 1 amide bonds. The molecule has 27 heavy (non-hydrogen) atoms. The number of ether oxygens (including phenoxy) is 1. The molecule has 0 aliphatic carbocycles. The summed E-state index contributed by atoms with van der Waals surface area (Å²) < 4.78 is 10.9. The fourth-order valence-corrected chi connectivity index (χ4v) is 2.90. The van der Waals surface area contributed by atoms with E-state index in [2.05, 4.69) is 16.5 Å². The highest BCUT2D eigenvalue weighted by molar-refractivity contribution is 5.93. The molecule has 0 bridgehead atoms. The molecule has 1 N–H and O–H groups in total. The highest BCUT2D eigenvalue weighted by Gasteiger charge is 2.10. The zero-order chi connectivity index (χ0) is 19.4. The van der Waals surface area contributed by atoms with Gasteiger partial charge >= 0.3 is 0 Å². The number of anilines is 1. The van der Waals surface area contributed by atoms with E-state index in [0.717, 1.165) is 39.6 Å². The van der Waals surface area contributed by atoms with Crippen molar-refractivity contribution in [2.75, 3.05) is 5.32 Å². The second-order valence-electron chi connectivity index (χ2n) is 6.78. The van der Waals surface area contributed by atoms with Crippen LogP contribution in [-0.4, -0.2) is 11.1 Å². The van der Waals surface area contributed by atoms with Gasteiger partial charge in [-0.1, -0.05) is 35.0 Å². The number of hydrogen-bond donors (Lipinski definition) is 1. The predicted octanol–water partition coefficient (Wildman–Crippen LogP) is 4.67. The van der Waals surface area contributed by atoms with Crippen molar-refractivity contribution in [1.82, 2.24) is 5.16 Å². The fourth-order valence-electron chi connectivity index (χ4n) is 2.90. The third kappa shape index (κ3) is 4.76. The van der Waals surface area contributed by atoms with Crippen LogP contribution in [0.4, 0.5) is 5.69 Å². The van der Waals surface area contributed by atoms with Crippen LogP contribution >= 0.6 is 0 Å². The first kappa shape index (κ1) is 18.7. The number of aryl methyl sites for hydroxylation is 4. The summed E-state index contributed by atoms with van der Waals surface area (Å²) in [5.41, 5.74) is 5.83. The Morgan fingerprint density at radius 2 is 1.81 bits per heavy atom. The fraction of sp³-hybridized carbons (Fsp3) is 0.273. The molecule has 3 rings (SSSR count). The highest BCUT2D eigenvalue weighted by atomic mass is 16.5. The predicted molar refractivity (Wildman–Crippen MR) is 105 cm³/mol. The minimum Gasteiger partial charge on any atom is -0.489 e. The summed E-state index contributed by atoms with van der Waals surface area (Å²) in [6, 6.07) is 13.5. The summed E-state index contributed by atoms with van der Waals surface area (Å²) in [6.45, 7) is 8.21. The van der Waals surface area contributed by atoms with Crippen molar-refractivity contribution in [3.8, 4) is 5.75 Å². The van der Waals surface area contributed by atoms with Crippen molar-refractivity contribution >= 4 is 11.6 Å². The van der Waals surface area contributed by atoms with E-state index in [1.54, 1.807) is 0 Å². The monoisotopic (exact) mass is 364 g/mol. The molecule has 2 aromatic carbocycles. The summed E-state index contributed by atoms with van der Waals surface area (Å²) in [5, 5.41) is 6.89. The van der Waals surface area contributed by atoms with E-state index >= 15 is 0 Å². The SMILES string of the molecule is Cc1ccc(NC(=O)Cc2ccc(OCc3c(C)noc3C)cc2)c(C)c1. The van der Waals surface area contributed by atoms with Gasteiger partial charge in [-0.15, -0.1) is 0 Å². The molecule has 0 saturated carbocycles. The molecule has 5 heteroatoms. The Morgan fingerprint density at radius 1 is 1.07 bits per heavy atom. The number of benzene rings is 2. The average molecular weight is 364 g/mol. The first-order chi connectivity index (χ1) is 12.9. The van der Waals surface area contributed by atoms with Crippen LogP contribution in [0.5, 0.6) is 5.75 Å². The van der Waals surface area contributed by atoms with E-state index in [1.807, 2.05) is 64.1 Å². The maximum absolute atomic E-state index is 12.3. The van der Waals surface area contributed by atoms with Crippen molar-refractivity contribution in [2.45, 2.75) is 40.7 Å². The van der Waals surface area contributed by atoms with Crippen LogP contribution in [-0.2, 0) is 17.8 Å². The van der Waals surface area contributed by atoms with Crippen LogP contribution in [0.2, 0.25) is 0 Å². The Kier molecular flexibility index (Phi) is 5.60. The Bertz CT molecular complexity index is 923. The number of nitrogens with one attached hydrogen (secondary N) is 1. The molecule has 0 radical (unpaired) electrons. The van der Waals surface area contributed by atoms with Gasteiger partial charge in [0.05, 0.1) is 17.7 Å². The van der Waals surface area contributed by atoms with Gasteiger partial charge in [0.1, 0.15) is 18.1 Å². The molecule has 1 aromatic heterocycles. The minimum atomic E-state index is -0.0358. The van der Waals surface area contributed by atoms with Gasteiger partial charge in [0, 0.05) is 5.69 Å². The molecular weight excluding hydrogens is 340 g/mol. The molecule has 0 unspecified atom stereocenters. The number of carbonyl (C=O) groups is 1. The lowest BCUT2D eigenvalue weighted by molar-refractivity contribution is -0.115. The molecule has 0 atom stereocenters. The first-order valence-corrected chi connectivity index (χ1v) is 8.93. The normalized spacial score (nSPS) is 10.7. The van der Waals surface area contributed by atoms with Crippen LogP contribution in [0, 0.1) is 27.7 Å². The molecule has 0 fully saturated rings. The third-order valence-corrected chi connectivity index (χ3v) is 4.51. The van der Waals surface area contributed by atoms with E-state index in [9.17, 15) is 4.79 Å². The average Bonchev–Trinajstić information content (AvgIpc) is 2.95. The lowest BCUT2D eigenvalue weighted by atomic mass is 10.1. The molecule has 0 saturated heterocycles. The highest BCUT2D eigenvalue weighted by Crippen LogP contribution is 2.19. The largest absolute Gasteiger partial charge is 0.489 e. The van der Waals surface area contributed by atoms with E-state index in [0.29, 0.717) is 13.0 Å². The zero-order valence-electron chi connectivity index (χ0n) is 16.1. The molecule has 5 nitrogen and oxygen atoms in total. The third-order valence-electron chi connectivity index (χ3n) is 4.51.